The van der Waals surface area contributed by atoms with Gasteiger partial charge in [-0.2, -0.15) is 0 Å². The van der Waals surface area contributed by atoms with Crippen LogP contribution < -0.4 is 10.2 Å². The molecule has 3 heterocycles. The van der Waals surface area contributed by atoms with E-state index in [1.54, 1.807) is 12.1 Å². The smallest absolute Gasteiger partial charge is 0.262 e. The summed E-state index contributed by atoms with van der Waals surface area (Å²) in [6, 6.07) is 4.40. The lowest BCUT2D eigenvalue weighted by Gasteiger charge is -2.53. The summed E-state index contributed by atoms with van der Waals surface area (Å²) >= 11 is 0. The van der Waals surface area contributed by atoms with Crippen molar-refractivity contribution in [2.45, 2.75) is 51.0 Å². The normalized spacial score (nSPS) is 25.6. The van der Waals surface area contributed by atoms with Crippen molar-refractivity contribution in [1.82, 2.24) is 10.2 Å². The third kappa shape index (κ3) is 3.33. The number of carbonyl (C=O) groups excluding carboxylic acids is 4. The second-order valence-electron chi connectivity index (χ2n) is 9.45. The standard InChI is InChI=1S/C23H27N3O5/c27-10-5-14-12-23(13-14)6-8-25(9-7-23)15-1-2-16-17(11-15)22(31)26(21(16)30)18-3-4-19(28)24-20(18)29/h1-2,11,14,18,27H,3-10,12-13H2,(H,24,28,29). The maximum absolute atomic E-state index is 13.0. The predicted octanol–water partition coefficient (Wildman–Crippen LogP) is 1.47. The van der Waals surface area contributed by atoms with Gasteiger partial charge in [0, 0.05) is 31.8 Å². The number of rotatable bonds is 4. The summed E-state index contributed by atoms with van der Waals surface area (Å²) in [5.41, 5.74) is 1.98. The van der Waals surface area contributed by atoms with Crippen LogP contribution >= 0.6 is 0 Å². The number of fused-ring (bicyclic) bond motifs is 1. The van der Waals surface area contributed by atoms with Crippen molar-refractivity contribution in [3.05, 3.63) is 29.3 Å². The van der Waals surface area contributed by atoms with Crippen molar-refractivity contribution in [2.24, 2.45) is 11.3 Å². The lowest BCUT2D eigenvalue weighted by atomic mass is 9.57. The van der Waals surface area contributed by atoms with Gasteiger partial charge in [0.1, 0.15) is 6.04 Å². The number of nitrogens with one attached hydrogen (secondary N) is 1. The summed E-state index contributed by atoms with van der Waals surface area (Å²) < 4.78 is 0. The number of hydrogen-bond acceptors (Lipinski definition) is 6. The van der Waals surface area contributed by atoms with Crippen LogP contribution in [-0.4, -0.2) is 59.4 Å². The third-order valence-corrected chi connectivity index (χ3v) is 7.59. The molecule has 1 unspecified atom stereocenters. The molecule has 1 atom stereocenters. The summed E-state index contributed by atoms with van der Waals surface area (Å²) in [5.74, 6) is -1.25. The Balaban J connectivity index is 1.29. The molecule has 0 bridgehead atoms. The van der Waals surface area contributed by atoms with Gasteiger partial charge in [0.15, 0.2) is 0 Å². The fourth-order valence-corrected chi connectivity index (χ4v) is 5.85. The van der Waals surface area contributed by atoms with Crippen molar-refractivity contribution >= 4 is 29.3 Å². The second-order valence-corrected chi connectivity index (χ2v) is 9.45. The Morgan fingerprint density at radius 2 is 1.74 bits per heavy atom. The van der Waals surface area contributed by atoms with E-state index in [0.717, 1.165) is 42.9 Å². The summed E-state index contributed by atoms with van der Waals surface area (Å²) in [6.45, 7) is 2.08. The molecule has 1 aliphatic carbocycles. The first-order valence-electron chi connectivity index (χ1n) is 11.1. The minimum atomic E-state index is -0.936. The Hall–Kier alpha value is -2.74. The van der Waals surface area contributed by atoms with Crippen LogP contribution in [0.4, 0.5) is 5.69 Å². The molecule has 2 saturated heterocycles. The van der Waals surface area contributed by atoms with E-state index >= 15 is 0 Å². The van der Waals surface area contributed by atoms with Crippen LogP contribution in [0.3, 0.4) is 0 Å². The third-order valence-electron chi connectivity index (χ3n) is 7.59. The van der Waals surface area contributed by atoms with Crippen molar-refractivity contribution in [3.63, 3.8) is 0 Å². The van der Waals surface area contributed by atoms with E-state index < -0.39 is 23.8 Å². The summed E-state index contributed by atoms with van der Waals surface area (Å²) in [6.07, 6.45) is 5.76. The van der Waals surface area contributed by atoms with E-state index in [9.17, 15) is 19.2 Å². The molecule has 4 aliphatic rings. The number of aliphatic hydroxyl groups is 1. The molecule has 0 aromatic heterocycles. The Morgan fingerprint density at radius 3 is 2.42 bits per heavy atom. The van der Waals surface area contributed by atoms with Crippen molar-refractivity contribution in [1.29, 1.82) is 0 Å². The fraction of sp³-hybridized carbons (Fsp3) is 0.565. The number of amides is 4. The van der Waals surface area contributed by atoms with E-state index in [1.165, 1.54) is 12.8 Å². The zero-order valence-corrected chi connectivity index (χ0v) is 17.4. The molecule has 2 N–H and O–H groups in total. The molecule has 1 saturated carbocycles. The van der Waals surface area contributed by atoms with Gasteiger partial charge in [0.2, 0.25) is 11.8 Å². The molecule has 3 fully saturated rings. The topological polar surface area (TPSA) is 107 Å². The molecule has 164 valence electrons. The minimum Gasteiger partial charge on any atom is -0.396 e. The molecule has 5 rings (SSSR count). The molecule has 8 nitrogen and oxygen atoms in total. The first kappa shape index (κ1) is 20.2. The van der Waals surface area contributed by atoms with Crippen LogP contribution in [0.5, 0.6) is 0 Å². The number of carbonyl (C=O) groups is 4. The van der Waals surface area contributed by atoms with Gasteiger partial charge in [-0.3, -0.25) is 29.4 Å². The molecule has 3 aliphatic heterocycles. The number of piperidine rings is 2. The lowest BCUT2D eigenvalue weighted by Crippen LogP contribution is -2.54. The minimum absolute atomic E-state index is 0.115. The van der Waals surface area contributed by atoms with Crippen LogP contribution in [0.1, 0.15) is 65.7 Å². The average molecular weight is 425 g/mol. The highest BCUT2D eigenvalue weighted by Crippen LogP contribution is 2.54. The van der Waals surface area contributed by atoms with Gasteiger partial charge in [0.05, 0.1) is 11.1 Å². The van der Waals surface area contributed by atoms with Gasteiger partial charge in [-0.05, 0) is 68.1 Å². The van der Waals surface area contributed by atoms with E-state index in [-0.39, 0.29) is 25.4 Å². The van der Waals surface area contributed by atoms with Crippen molar-refractivity contribution < 1.29 is 24.3 Å². The Morgan fingerprint density at radius 1 is 1.03 bits per heavy atom. The molecule has 4 amide bonds. The maximum Gasteiger partial charge on any atom is 0.262 e. The number of hydrogen-bond donors (Lipinski definition) is 2. The maximum atomic E-state index is 13.0. The van der Waals surface area contributed by atoms with Gasteiger partial charge in [-0.15, -0.1) is 0 Å². The number of imide groups is 2. The first-order chi connectivity index (χ1) is 14.9. The number of anilines is 1. The molecule has 8 heteroatoms. The summed E-state index contributed by atoms with van der Waals surface area (Å²) in [4.78, 5) is 52.8. The lowest BCUT2D eigenvalue weighted by molar-refractivity contribution is -0.136. The van der Waals surface area contributed by atoms with Crippen LogP contribution in [-0.2, 0) is 9.59 Å². The van der Waals surface area contributed by atoms with Crippen LogP contribution in [0, 0.1) is 11.3 Å². The molecular weight excluding hydrogens is 398 g/mol. The Bertz CT molecular complexity index is 958. The summed E-state index contributed by atoms with van der Waals surface area (Å²) in [7, 11) is 0. The highest BCUT2D eigenvalue weighted by Gasteiger charge is 2.46. The molecular formula is C23H27N3O5. The zero-order valence-electron chi connectivity index (χ0n) is 17.4. The molecule has 1 spiro atoms. The van der Waals surface area contributed by atoms with E-state index in [4.69, 9.17) is 5.11 Å². The SMILES string of the molecule is O=C1CCC(N2C(=O)c3ccc(N4CCC5(CC4)CC(CCO)C5)cc3C2=O)C(=O)N1. The fourth-order valence-electron chi connectivity index (χ4n) is 5.85. The second kappa shape index (κ2) is 7.44. The molecule has 1 aromatic rings. The van der Waals surface area contributed by atoms with Crippen LogP contribution in [0.25, 0.3) is 0 Å². The van der Waals surface area contributed by atoms with Crippen LogP contribution in [0.15, 0.2) is 18.2 Å². The largest absolute Gasteiger partial charge is 0.396 e. The summed E-state index contributed by atoms with van der Waals surface area (Å²) in [5, 5.41) is 11.3. The molecule has 0 radical (unpaired) electrons. The van der Waals surface area contributed by atoms with Gasteiger partial charge < -0.3 is 10.0 Å². The number of benzene rings is 1. The highest BCUT2D eigenvalue weighted by molar-refractivity contribution is 6.23. The highest BCUT2D eigenvalue weighted by atomic mass is 16.3. The number of nitrogens with zero attached hydrogens (tertiary/aromatic N) is 2. The Kier molecular flexibility index (Phi) is 4.84. The molecule has 1 aromatic carbocycles. The monoisotopic (exact) mass is 425 g/mol. The average Bonchev–Trinajstić information content (AvgIpc) is 2.98. The van der Waals surface area contributed by atoms with E-state index in [1.807, 2.05) is 6.07 Å². The molecule has 31 heavy (non-hydrogen) atoms. The first-order valence-corrected chi connectivity index (χ1v) is 11.1. The van der Waals surface area contributed by atoms with Crippen LogP contribution in [0.2, 0.25) is 0 Å². The van der Waals surface area contributed by atoms with Gasteiger partial charge in [-0.25, -0.2) is 0 Å². The van der Waals surface area contributed by atoms with Crippen molar-refractivity contribution in [3.8, 4) is 0 Å². The van der Waals surface area contributed by atoms with Gasteiger partial charge in [0.25, 0.3) is 11.8 Å². The quantitative estimate of drug-likeness (QED) is 0.708. The zero-order chi connectivity index (χ0) is 21.8. The predicted molar refractivity (Wildman–Crippen MR) is 111 cm³/mol. The van der Waals surface area contributed by atoms with Gasteiger partial charge in [-0.1, -0.05) is 0 Å². The van der Waals surface area contributed by atoms with Crippen molar-refractivity contribution in [2.75, 3.05) is 24.6 Å². The van der Waals surface area contributed by atoms with E-state index in [0.29, 0.717) is 22.5 Å². The number of aliphatic hydroxyl groups excluding tert-OH is 1. The Labute approximate surface area is 180 Å². The van der Waals surface area contributed by atoms with Gasteiger partial charge >= 0.3 is 0 Å². The van der Waals surface area contributed by atoms with E-state index in [2.05, 4.69) is 10.2 Å².